The molecule has 0 fully saturated rings. The first kappa shape index (κ1) is 17.1. The summed E-state index contributed by atoms with van der Waals surface area (Å²) in [4.78, 5) is 16.1. The summed E-state index contributed by atoms with van der Waals surface area (Å²) in [5.41, 5.74) is 3.08. The van der Waals surface area contributed by atoms with E-state index in [2.05, 4.69) is 22.1 Å². The van der Waals surface area contributed by atoms with Gasteiger partial charge in [-0.1, -0.05) is 30.7 Å². The average molecular weight is 357 g/mol. The number of imidazole rings is 1. The van der Waals surface area contributed by atoms with Crippen molar-refractivity contribution in [3.05, 3.63) is 58.9 Å². The molecular formula is C18H17ClN4O2. The number of carbonyl (C=O) groups is 1. The molecule has 0 N–H and O–H groups in total. The molecule has 25 heavy (non-hydrogen) atoms. The number of aryl methyl sites for hydroxylation is 1. The molecule has 1 aromatic carbocycles. The van der Waals surface area contributed by atoms with Gasteiger partial charge in [0.1, 0.15) is 5.65 Å². The molecule has 6 nitrogen and oxygen atoms in total. The van der Waals surface area contributed by atoms with Crippen molar-refractivity contribution in [1.29, 1.82) is 0 Å². The summed E-state index contributed by atoms with van der Waals surface area (Å²) in [5.74, 6) is 0.0701. The lowest BCUT2D eigenvalue weighted by molar-refractivity contribution is -0.139. The molecule has 0 saturated carbocycles. The zero-order valence-corrected chi connectivity index (χ0v) is 14.7. The smallest absolute Gasteiger partial charge is 0.311 e. The number of hydrogen-bond acceptors (Lipinski definition) is 5. The van der Waals surface area contributed by atoms with Crippen LogP contribution >= 0.6 is 11.6 Å². The molecule has 128 valence electrons. The van der Waals surface area contributed by atoms with Crippen LogP contribution < -0.4 is 0 Å². The molecule has 0 bridgehead atoms. The van der Waals surface area contributed by atoms with Gasteiger partial charge in [-0.2, -0.15) is 0 Å². The zero-order valence-electron chi connectivity index (χ0n) is 13.9. The second-order valence-electron chi connectivity index (χ2n) is 5.43. The summed E-state index contributed by atoms with van der Waals surface area (Å²) in [5, 5.41) is 9.11. The van der Waals surface area contributed by atoms with Gasteiger partial charge in [0, 0.05) is 6.20 Å². The fourth-order valence-electron chi connectivity index (χ4n) is 2.39. The second-order valence-corrected chi connectivity index (χ2v) is 5.87. The Hall–Kier alpha value is -2.73. The Balaban J connectivity index is 2.01. The fourth-order valence-corrected chi connectivity index (χ4v) is 2.55. The molecule has 2 aromatic heterocycles. The van der Waals surface area contributed by atoms with Crippen molar-refractivity contribution in [3.63, 3.8) is 0 Å². The number of azo groups is 1. The maximum absolute atomic E-state index is 11.7. The molecule has 2 heterocycles. The SMILES string of the molecule is CCc1ccc(N=Nc2c(CC(=O)OC)nc3ccc(Cl)cn23)cc1. The molecule has 0 atom stereocenters. The van der Waals surface area contributed by atoms with Crippen LogP contribution in [0.1, 0.15) is 18.2 Å². The summed E-state index contributed by atoms with van der Waals surface area (Å²) in [6, 6.07) is 11.3. The lowest BCUT2D eigenvalue weighted by Gasteiger charge is -2.00. The molecular weight excluding hydrogens is 340 g/mol. The van der Waals surface area contributed by atoms with Crippen molar-refractivity contribution in [3.8, 4) is 0 Å². The highest BCUT2D eigenvalue weighted by Gasteiger charge is 2.16. The summed E-state index contributed by atoms with van der Waals surface area (Å²) in [7, 11) is 1.34. The van der Waals surface area contributed by atoms with Crippen molar-refractivity contribution < 1.29 is 9.53 Å². The molecule has 0 spiro atoms. The van der Waals surface area contributed by atoms with Crippen molar-refractivity contribution >= 4 is 34.7 Å². The van der Waals surface area contributed by atoms with Gasteiger partial charge in [0.15, 0.2) is 5.82 Å². The quantitative estimate of drug-likeness (QED) is 0.492. The lowest BCUT2D eigenvalue weighted by atomic mass is 10.2. The van der Waals surface area contributed by atoms with Crippen molar-refractivity contribution in [2.45, 2.75) is 19.8 Å². The molecule has 0 saturated heterocycles. The minimum absolute atomic E-state index is 0.0128. The van der Waals surface area contributed by atoms with Crippen LogP contribution in [-0.4, -0.2) is 22.5 Å². The third-order valence-corrected chi connectivity index (χ3v) is 3.99. The molecule has 0 amide bonds. The minimum atomic E-state index is -0.391. The number of hydrogen-bond donors (Lipinski definition) is 0. The van der Waals surface area contributed by atoms with Crippen molar-refractivity contribution in [1.82, 2.24) is 9.38 Å². The van der Waals surface area contributed by atoms with E-state index in [1.165, 1.54) is 12.7 Å². The van der Waals surface area contributed by atoms with Gasteiger partial charge >= 0.3 is 5.97 Å². The molecule has 3 rings (SSSR count). The first-order valence-electron chi connectivity index (χ1n) is 7.84. The van der Waals surface area contributed by atoms with E-state index in [9.17, 15) is 4.79 Å². The normalized spacial score (nSPS) is 11.3. The van der Waals surface area contributed by atoms with Crippen molar-refractivity contribution in [2.75, 3.05) is 7.11 Å². The Morgan fingerprint density at radius 2 is 1.96 bits per heavy atom. The van der Waals surface area contributed by atoms with Crippen LogP contribution in [0, 0.1) is 0 Å². The van der Waals surface area contributed by atoms with Gasteiger partial charge < -0.3 is 4.74 Å². The number of methoxy groups -OCH3 is 1. The van der Waals surface area contributed by atoms with E-state index in [0.717, 1.165) is 12.1 Å². The predicted molar refractivity (Wildman–Crippen MR) is 95.9 cm³/mol. The van der Waals surface area contributed by atoms with E-state index in [4.69, 9.17) is 16.3 Å². The number of ether oxygens (including phenoxy) is 1. The van der Waals surface area contributed by atoms with Gasteiger partial charge in [0.25, 0.3) is 0 Å². The van der Waals surface area contributed by atoms with Crippen LogP contribution in [-0.2, 0) is 22.4 Å². The third-order valence-electron chi connectivity index (χ3n) is 3.77. The Bertz CT molecular complexity index is 932. The van der Waals surface area contributed by atoms with Crippen LogP contribution in [0.3, 0.4) is 0 Å². The molecule has 0 radical (unpaired) electrons. The zero-order chi connectivity index (χ0) is 17.8. The molecule has 0 aliphatic heterocycles. The van der Waals surface area contributed by atoms with Gasteiger partial charge in [-0.25, -0.2) is 4.98 Å². The van der Waals surface area contributed by atoms with Gasteiger partial charge in [0.05, 0.1) is 29.9 Å². The summed E-state index contributed by atoms with van der Waals surface area (Å²) in [6.45, 7) is 2.10. The number of carbonyl (C=O) groups excluding carboxylic acids is 1. The Morgan fingerprint density at radius 3 is 2.64 bits per heavy atom. The van der Waals surface area contributed by atoms with Gasteiger partial charge in [-0.05, 0) is 36.2 Å². The van der Waals surface area contributed by atoms with E-state index in [1.807, 2.05) is 24.3 Å². The third kappa shape index (κ3) is 3.85. The topological polar surface area (TPSA) is 68.3 Å². The van der Waals surface area contributed by atoms with E-state index in [1.54, 1.807) is 22.7 Å². The average Bonchev–Trinajstić information content (AvgIpc) is 2.96. The van der Waals surface area contributed by atoms with Crippen LogP contribution in [0.2, 0.25) is 5.02 Å². The van der Waals surface area contributed by atoms with E-state index >= 15 is 0 Å². The largest absolute Gasteiger partial charge is 0.469 e. The number of nitrogens with zero attached hydrogens (tertiary/aromatic N) is 4. The number of fused-ring (bicyclic) bond motifs is 1. The van der Waals surface area contributed by atoms with Crippen LogP contribution in [0.15, 0.2) is 52.8 Å². The maximum atomic E-state index is 11.7. The number of esters is 1. The number of pyridine rings is 1. The summed E-state index contributed by atoms with van der Waals surface area (Å²) < 4.78 is 6.44. The number of aromatic nitrogens is 2. The van der Waals surface area contributed by atoms with Crippen LogP contribution in [0.4, 0.5) is 11.5 Å². The molecule has 0 aliphatic rings. The Kier molecular flexibility index (Phi) is 5.09. The molecule has 0 unspecified atom stereocenters. The Morgan fingerprint density at radius 1 is 1.20 bits per heavy atom. The number of rotatable bonds is 5. The van der Waals surface area contributed by atoms with Gasteiger partial charge in [-0.3, -0.25) is 9.20 Å². The van der Waals surface area contributed by atoms with E-state index in [-0.39, 0.29) is 6.42 Å². The number of halogens is 1. The molecule has 7 heteroatoms. The minimum Gasteiger partial charge on any atom is -0.469 e. The highest BCUT2D eigenvalue weighted by molar-refractivity contribution is 6.30. The standard InChI is InChI=1S/C18H17ClN4O2/c1-3-12-4-7-14(8-5-12)21-22-18-15(10-17(24)25-2)20-16-9-6-13(19)11-23(16)18/h4-9,11H,3,10H2,1-2H3. The second kappa shape index (κ2) is 7.44. The molecule has 3 aromatic rings. The van der Waals surface area contributed by atoms with E-state index < -0.39 is 5.97 Å². The van der Waals surface area contributed by atoms with Crippen molar-refractivity contribution in [2.24, 2.45) is 10.2 Å². The lowest BCUT2D eigenvalue weighted by Crippen LogP contribution is -2.04. The summed E-state index contributed by atoms with van der Waals surface area (Å²) >= 11 is 6.07. The van der Waals surface area contributed by atoms with Gasteiger partial charge in [-0.15, -0.1) is 10.2 Å². The Labute approximate surface area is 150 Å². The predicted octanol–water partition coefficient (Wildman–Crippen LogP) is 4.68. The molecule has 0 aliphatic carbocycles. The van der Waals surface area contributed by atoms with Crippen LogP contribution in [0.25, 0.3) is 5.65 Å². The van der Waals surface area contributed by atoms with Crippen LogP contribution in [0.5, 0.6) is 0 Å². The number of benzene rings is 1. The maximum Gasteiger partial charge on any atom is 0.311 e. The first-order valence-corrected chi connectivity index (χ1v) is 8.22. The fraction of sp³-hybridized carbons (Fsp3) is 0.222. The highest BCUT2D eigenvalue weighted by Crippen LogP contribution is 2.26. The highest BCUT2D eigenvalue weighted by atomic mass is 35.5. The first-order chi connectivity index (χ1) is 12.1. The monoisotopic (exact) mass is 356 g/mol. The van der Waals surface area contributed by atoms with E-state index in [0.29, 0.717) is 22.2 Å². The van der Waals surface area contributed by atoms with Gasteiger partial charge in [0.2, 0.25) is 0 Å². The summed E-state index contributed by atoms with van der Waals surface area (Å²) in [6.07, 6.45) is 2.67.